The molecule has 1 aliphatic heterocycles. The minimum Gasteiger partial charge on any atom is -0.481 e. The largest absolute Gasteiger partial charge is 0.481 e. The van der Waals surface area contributed by atoms with E-state index in [1.807, 2.05) is 0 Å². The number of carboxylic acids is 1. The smallest absolute Gasteiger partial charge is 0.303 e. The van der Waals surface area contributed by atoms with Gasteiger partial charge in [-0.05, 0) is 24.7 Å². The molecule has 1 saturated carbocycles. The molecule has 1 N–H and O–H groups in total. The van der Waals surface area contributed by atoms with Crippen molar-refractivity contribution in [1.29, 1.82) is 0 Å². The highest BCUT2D eigenvalue weighted by Crippen LogP contribution is 2.35. The van der Waals surface area contributed by atoms with Crippen LogP contribution in [0.4, 0.5) is 0 Å². The Bertz CT molecular complexity index is 205. The fourth-order valence-electron chi connectivity index (χ4n) is 2.44. The Morgan fingerprint density at radius 3 is 2.54 bits per heavy atom. The molecule has 0 atom stereocenters. The quantitative estimate of drug-likeness (QED) is 0.714. The molecular weight excluding hydrogens is 166 g/mol. The molecule has 0 spiro atoms. The first-order chi connectivity index (χ1) is 6.15. The normalized spacial score (nSPS) is 35.2. The number of hydrogen-bond acceptors (Lipinski definition) is 2. The standard InChI is InChI=1S/C10H17NO2/c1-7-2-9(3-7)11-5-8(6-11)4-10(12)13/h7-9H,2-6H2,1H3,(H,12,13). The van der Waals surface area contributed by atoms with E-state index in [9.17, 15) is 4.79 Å². The molecule has 1 heterocycles. The molecule has 3 nitrogen and oxygen atoms in total. The molecule has 0 unspecified atom stereocenters. The molecule has 2 aliphatic rings. The summed E-state index contributed by atoms with van der Waals surface area (Å²) in [6, 6.07) is 0.778. The van der Waals surface area contributed by atoms with Crippen molar-refractivity contribution in [3.05, 3.63) is 0 Å². The van der Waals surface area contributed by atoms with Gasteiger partial charge in [-0.15, -0.1) is 0 Å². The van der Waals surface area contributed by atoms with Crippen LogP contribution in [0.5, 0.6) is 0 Å². The molecular formula is C10H17NO2. The molecule has 13 heavy (non-hydrogen) atoms. The van der Waals surface area contributed by atoms with Crippen molar-refractivity contribution in [2.24, 2.45) is 11.8 Å². The third kappa shape index (κ3) is 1.85. The van der Waals surface area contributed by atoms with Crippen LogP contribution in [0, 0.1) is 11.8 Å². The van der Waals surface area contributed by atoms with Crippen molar-refractivity contribution in [3.8, 4) is 0 Å². The number of aliphatic carboxylic acids is 1. The van der Waals surface area contributed by atoms with E-state index in [0.717, 1.165) is 25.0 Å². The summed E-state index contributed by atoms with van der Waals surface area (Å²) in [5.74, 6) is 0.670. The van der Waals surface area contributed by atoms with Gasteiger partial charge >= 0.3 is 5.97 Å². The lowest BCUT2D eigenvalue weighted by Crippen LogP contribution is -2.56. The van der Waals surface area contributed by atoms with Gasteiger partial charge in [-0.25, -0.2) is 0 Å². The van der Waals surface area contributed by atoms with Crippen molar-refractivity contribution in [2.45, 2.75) is 32.2 Å². The van der Waals surface area contributed by atoms with Crippen LogP contribution >= 0.6 is 0 Å². The number of carboxylic acid groups (broad SMARTS) is 1. The Kier molecular flexibility index (Phi) is 2.28. The Morgan fingerprint density at radius 2 is 2.08 bits per heavy atom. The molecule has 0 amide bonds. The summed E-state index contributed by atoms with van der Waals surface area (Å²) < 4.78 is 0. The van der Waals surface area contributed by atoms with Gasteiger partial charge in [-0.2, -0.15) is 0 Å². The second-order valence-corrected chi connectivity index (χ2v) is 4.65. The van der Waals surface area contributed by atoms with Gasteiger partial charge in [0.05, 0.1) is 6.42 Å². The Hall–Kier alpha value is -0.570. The minimum atomic E-state index is -0.647. The van der Waals surface area contributed by atoms with Crippen LogP contribution in [0.15, 0.2) is 0 Å². The highest BCUT2D eigenvalue weighted by atomic mass is 16.4. The van der Waals surface area contributed by atoms with Crippen LogP contribution in [0.3, 0.4) is 0 Å². The average Bonchev–Trinajstić information content (AvgIpc) is 1.90. The first-order valence-electron chi connectivity index (χ1n) is 5.11. The summed E-state index contributed by atoms with van der Waals surface area (Å²) >= 11 is 0. The zero-order chi connectivity index (χ0) is 9.42. The van der Waals surface area contributed by atoms with Crippen LogP contribution in [-0.4, -0.2) is 35.1 Å². The summed E-state index contributed by atoms with van der Waals surface area (Å²) in [5, 5.41) is 8.57. The van der Waals surface area contributed by atoms with E-state index in [1.165, 1.54) is 12.8 Å². The topological polar surface area (TPSA) is 40.5 Å². The molecule has 1 saturated heterocycles. The van der Waals surface area contributed by atoms with Gasteiger partial charge in [0.25, 0.3) is 0 Å². The van der Waals surface area contributed by atoms with Gasteiger partial charge in [-0.3, -0.25) is 9.69 Å². The fourth-order valence-corrected chi connectivity index (χ4v) is 2.44. The molecule has 0 aromatic heterocycles. The lowest BCUT2D eigenvalue weighted by Gasteiger charge is -2.49. The van der Waals surface area contributed by atoms with Gasteiger partial charge in [0.1, 0.15) is 0 Å². The molecule has 0 aromatic carbocycles. The van der Waals surface area contributed by atoms with Gasteiger partial charge < -0.3 is 5.11 Å². The lowest BCUT2D eigenvalue weighted by molar-refractivity contribution is -0.140. The van der Waals surface area contributed by atoms with Crippen molar-refractivity contribution in [2.75, 3.05) is 13.1 Å². The summed E-state index contributed by atoms with van der Waals surface area (Å²) in [6.45, 7) is 4.32. The molecule has 1 aliphatic carbocycles. The van der Waals surface area contributed by atoms with Crippen LogP contribution in [0.2, 0.25) is 0 Å². The first kappa shape index (κ1) is 9.00. The highest BCUT2D eigenvalue weighted by Gasteiger charge is 2.38. The summed E-state index contributed by atoms with van der Waals surface area (Å²) in [5.41, 5.74) is 0. The van der Waals surface area contributed by atoms with E-state index in [2.05, 4.69) is 11.8 Å². The fraction of sp³-hybridized carbons (Fsp3) is 0.900. The second kappa shape index (κ2) is 3.29. The zero-order valence-electron chi connectivity index (χ0n) is 8.07. The van der Waals surface area contributed by atoms with E-state index in [0.29, 0.717) is 12.3 Å². The number of nitrogens with zero attached hydrogens (tertiary/aromatic N) is 1. The average molecular weight is 183 g/mol. The van der Waals surface area contributed by atoms with E-state index < -0.39 is 5.97 Å². The van der Waals surface area contributed by atoms with E-state index >= 15 is 0 Å². The summed E-state index contributed by atoms with van der Waals surface area (Å²) in [7, 11) is 0. The number of rotatable bonds is 3. The van der Waals surface area contributed by atoms with Gasteiger partial charge in [0.15, 0.2) is 0 Å². The van der Waals surface area contributed by atoms with Gasteiger partial charge in [0, 0.05) is 19.1 Å². The van der Waals surface area contributed by atoms with Gasteiger partial charge in [0.2, 0.25) is 0 Å². The van der Waals surface area contributed by atoms with Crippen molar-refractivity contribution >= 4 is 5.97 Å². The van der Waals surface area contributed by atoms with Crippen LogP contribution in [-0.2, 0) is 4.79 Å². The Morgan fingerprint density at radius 1 is 1.46 bits per heavy atom. The maximum absolute atomic E-state index is 10.4. The summed E-state index contributed by atoms with van der Waals surface area (Å²) in [4.78, 5) is 12.8. The molecule has 0 bridgehead atoms. The number of hydrogen-bond donors (Lipinski definition) is 1. The maximum Gasteiger partial charge on any atom is 0.303 e. The van der Waals surface area contributed by atoms with Crippen molar-refractivity contribution in [1.82, 2.24) is 4.90 Å². The van der Waals surface area contributed by atoms with Crippen LogP contribution in [0.1, 0.15) is 26.2 Å². The monoisotopic (exact) mass is 183 g/mol. The molecule has 0 radical (unpaired) electrons. The molecule has 74 valence electrons. The number of likely N-dealkylation sites (tertiary alicyclic amines) is 1. The first-order valence-corrected chi connectivity index (χ1v) is 5.11. The van der Waals surface area contributed by atoms with Crippen LogP contribution in [0.25, 0.3) is 0 Å². The van der Waals surface area contributed by atoms with Crippen LogP contribution < -0.4 is 0 Å². The SMILES string of the molecule is CC1CC(N2CC(CC(=O)O)C2)C1. The predicted molar refractivity (Wildman–Crippen MR) is 49.5 cm³/mol. The van der Waals surface area contributed by atoms with E-state index in [4.69, 9.17) is 5.11 Å². The Balaban J connectivity index is 1.64. The lowest BCUT2D eigenvalue weighted by atomic mass is 9.78. The maximum atomic E-state index is 10.4. The zero-order valence-corrected chi connectivity index (χ0v) is 8.07. The highest BCUT2D eigenvalue weighted by molar-refractivity contribution is 5.67. The van der Waals surface area contributed by atoms with Gasteiger partial charge in [-0.1, -0.05) is 6.92 Å². The Labute approximate surface area is 78.7 Å². The molecule has 3 heteroatoms. The summed E-state index contributed by atoms with van der Waals surface area (Å²) in [6.07, 6.45) is 3.00. The molecule has 2 rings (SSSR count). The van der Waals surface area contributed by atoms with E-state index in [-0.39, 0.29) is 0 Å². The predicted octanol–water partition coefficient (Wildman–Crippen LogP) is 1.19. The van der Waals surface area contributed by atoms with Crippen molar-refractivity contribution < 1.29 is 9.90 Å². The molecule has 2 fully saturated rings. The third-order valence-corrected chi connectivity index (χ3v) is 3.31. The third-order valence-electron chi connectivity index (χ3n) is 3.31. The second-order valence-electron chi connectivity index (χ2n) is 4.65. The number of carbonyl (C=O) groups is 1. The minimum absolute atomic E-state index is 0.360. The van der Waals surface area contributed by atoms with E-state index in [1.54, 1.807) is 0 Å². The molecule has 0 aromatic rings. The van der Waals surface area contributed by atoms with Crippen molar-refractivity contribution in [3.63, 3.8) is 0 Å².